The standard InChI is InChI=1S/C15H16F4N2O2/c1-22-7-6-21(10-15(17,18)19)9-14-20-8-13(23-14)11-2-4-12(16)5-3-11/h2-5,8H,6-7,9-10H2,1H3. The van der Waals surface area contributed by atoms with Crippen molar-refractivity contribution in [3.05, 3.63) is 42.2 Å². The van der Waals surface area contributed by atoms with Crippen molar-refractivity contribution < 1.29 is 26.7 Å². The molecular weight excluding hydrogens is 316 g/mol. The summed E-state index contributed by atoms with van der Waals surface area (Å²) >= 11 is 0. The number of rotatable bonds is 7. The van der Waals surface area contributed by atoms with E-state index in [-0.39, 0.29) is 31.4 Å². The van der Waals surface area contributed by atoms with Gasteiger partial charge in [0.2, 0.25) is 5.89 Å². The molecule has 23 heavy (non-hydrogen) atoms. The summed E-state index contributed by atoms with van der Waals surface area (Å²) in [6, 6.07) is 5.56. The van der Waals surface area contributed by atoms with Crippen LogP contribution in [0.1, 0.15) is 5.89 Å². The summed E-state index contributed by atoms with van der Waals surface area (Å²) in [7, 11) is 1.42. The molecule has 126 valence electrons. The molecule has 0 aliphatic rings. The third-order valence-corrected chi connectivity index (χ3v) is 3.06. The molecule has 0 atom stereocenters. The van der Waals surface area contributed by atoms with Gasteiger partial charge in [-0.1, -0.05) is 0 Å². The molecule has 0 aliphatic carbocycles. The Morgan fingerprint density at radius 3 is 2.52 bits per heavy atom. The first kappa shape index (κ1) is 17.4. The molecule has 2 aromatic rings. The molecule has 0 aliphatic heterocycles. The van der Waals surface area contributed by atoms with Crippen LogP contribution in [0.15, 0.2) is 34.9 Å². The van der Waals surface area contributed by atoms with E-state index in [1.54, 1.807) is 0 Å². The van der Waals surface area contributed by atoms with Gasteiger partial charge in [0.25, 0.3) is 0 Å². The van der Waals surface area contributed by atoms with Crippen LogP contribution in [-0.2, 0) is 11.3 Å². The van der Waals surface area contributed by atoms with E-state index in [2.05, 4.69) is 4.98 Å². The maximum absolute atomic E-state index is 12.9. The van der Waals surface area contributed by atoms with Crippen molar-refractivity contribution in [3.63, 3.8) is 0 Å². The first-order valence-electron chi connectivity index (χ1n) is 6.86. The summed E-state index contributed by atoms with van der Waals surface area (Å²) in [6.45, 7) is -0.902. The summed E-state index contributed by atoms with van der Waals surface area (Å²) in [5.74, 6) is 0.146. The van der Waals surface area contributed by atoms with Crippen LogP contribution in [0.3, 0.4) is 0 Å². The van der Waals surface area contributed by atoms with Gasteiger partial charge in [0.1, 0.15) is 5.82 Å². The number of hydrogen-bond donors (Lipinski definition) is 0. The molecule has 2 rings (SSSR count). The van der Waals surface area contributed by atoms with Gasteiger partial charge in [-0.2, -0.15) is 13.2 Å². The predicted molar refractivity (Wildman–Crippen MR) is 75.1 cm³/mol. The molecule has 0 saturated carbocycles. The average molecular weight is 332 g/mol. The van der Waals surface area contributed by atoms with E-state index in [9.17, 15) is 17.6 Å². The Hall–Kier alpha value is -1.93. The van der Waals surface area contributed by atoms with Crippen LogP contribution < -0.4 is 0 Å². The van der Waals surface area contributed by atoms with Gasteiger partial charge in [-0.25, -0.2) is 9.37 Å². The zero-order valence-electron chi connectivity index (χ0n) is 12.4. The highest BCUT2D eigenvalue weighted by Gasteiger charge is 2.31. The van der Waals surface area contributed by atoms with E-state index in [1.165, 1.54) is 37.6 Å². The van der Waals surface area contributed by atoms with Crippen LogP contribution in [-0.4, -0.2) is 42.9 Å². The lowest BCUT2D eigenvalue weighted by molar-refractivity contribution is -0.148. The molecule has 0 unspecified atom stereocenters. The molecule has 0 spiro atoms. The van der Waals surface area contributed by atoms with E-state index >= 15 is 0 Å². The molecule has 0 saturated heterocycles. The van der Waals surface area contributed by atoms with Crippen LogP contribution in [0, 0.1) is 5.82 Å². The number of alkyl halides is 3. The molecule has 0 amide bonds. The molecule has 0 fully saturated rings. The molecule has 1 heterocycles. The Bertz CT molecular complexity index is 611. The summed E-state index contributed by atoms with van der Waals surface area (Å²) < 4.78 is 60.9. The van der Waals surface area contributed by atoms with E-state index in [4.69, 9.17) is 9.15 Å². The minimum absolute atomic E-state index is 0.0932. The van der Waals surface area contributed by atoms with E-state index < -0.39 is 12.7 Å². The lowest BCUT2D eigenvalue weighted by atomic mass is 10.2. The number of methoxy groups -OCH3 is 1. The van der Waals surface area contributed by atoms with E-state index in [0.29, 0.717) is 11.3 Å². The monoisotopic (exact) mass is 332 g/mol. The highest BCUT2D eigenvalue weighted by Crippen LogP contribution is 2.22. The van der Waals surface area contributed by atoms with E-state index in [1.807, 2.05) is 0 Å². The van der Waals surface area contributed by atoms with Crippen molar-refractivity contribution in [2.75, 3.05) is 26.8 Å². The van der Waals surface area contributed by atoms with Gasteiger partial charge >= 0.3 is 6.18 Å². The van der Waals surface area contributed by atoms with Gasteiger partial charge in [-0.05, 0) is 24.3 Å². The number of benzene rings is 1. The number of nitrogens with zero attached hydrogens (tertiary/aromatic N) is 2. The Balaban J connectivity index is 2.06. The minimum atomic E-state index is -4.32. The van der Waals surface area contributed by atoms with Gasteiger partial charge in [0.05, 0.1) is 25.9 Å². The maximum Gasteiger partial charge on any atom is 0.401 e. The van der Waals surface area contributed by atoms with Crippen molar-refractivity contribution in [1.29, 1.82) is 0 Å². The van der Waals surface area contributed by atoms with Crippen LogP contribution in [0.4, 0.5) is 17.6 Å². The van der Waals surface area contributed by atoms with E-state index in [0.717, 1.165) is 4.90 Å². The quantitative estimate of drug-likeness (QED) is 0.728. The zero-order valence-corrected chi connectivity index (χ0v) is 12.4. The van der Waals surface area contributed by atoms with Crippen molar-refractivity contribution in [2.45, 2.75) is 12.7 Å². The SMILES string of the molecule is COCCN(Cc1ncc(-c2ccc(F)cc2)o1)CC(F)(F)F. The third kappa shape index (κ3) is 5.65. The van der Waals surface area contributed by atoms with Crippen molar-refractivity contribution >= 4 is 0 Å². The first-order chi connectivity index (χ1) is 10.9. The first-order valence-corrected chi connectivity index (χ1v) is 6.86. The van der Waals surface area contributed by atoms with Crippen molar-refractivity contribution in [3.8, 4) is 11.3 Å². The molecular formula is C15H16F4N2O2. The predicted octanol–water partition coefficient (Wildman–Crippen LogP) is 3.49. The Kier molecular flexibility index (Phi) is 5.73. The van der Waals surface area contributed by atoms with Crippen molar-refractivity contribution in [2.24, 2.45) is 0 Å². The number of aromatic nitrogens is 1. The van der Waals surface area contributed by atoms with Crippen LogP contribution >= 0.6 is 0 Å². The molecule has 0 N–H and O–H groups in total. The average Bonchev–Trinajstić information content (AvgIpc) is 2.92. The lowest BCUT2D eigenvalue weighted by Crippen LogP contribution is -2.36. The lowest BCUT2D eigenvalue weighted by Gasteiger charge is -2.21. The van der Waals surface area contributed by atoms with Gasteiger partial charge < -0.3 is 9.15 Å². The summed E-state index contributed by atoms with van der Waals surface area (Å²) in [5.41, 5.74) is 0.601. The Labute approximate surface area is 130 Å². The second kappa shape index (κ2) is 7.56. The Morgan fingerprint density at radius 1 is 1.22 bits per heavy atom. The summed E-state index contributed by atoms with van der Waals surface area (Å²) in [4.78, 5) is 5.13. The van der Waals surface area contributed by atoms with Crippen LogP contribution in [0.2, 0.25) is 0 Å². The number of hydrogen-bond acceptors (Lipinski definition) is 4. The smallest absolute Gasteiger partial charge is 0.401 e. The van der Waals surface area contributed by atoms with Gasteiger partial charge in [-0.15, -0.1) is 0 Å². The maximum atomic E-state index is 12.9. The van der Waals surface area contributed by atoms with Crippen LogP contribution in [0.25, 0.3) is 11.3 Å². The number of oxazole rings is 1. The fourth-order valence-corrected chi connectivity index (χ4v) is 2.01. The molecule has 8 heteroatoms. The third-order valence-electron chi connectivity index (χ3n) is 3.06. The molecule has 1 aromatic carbocycles. The fraction of sp³-hybridized carbons (Fsp3) is 0.400. The van der Waals surface area contributed by atoms with Gasteiger partial charge in [-0.3, -0.25) is 4.90 Å². The summed E-state index contributed by atoms with van der Waals surface area (Å²) in [6.07, 6.45) is -2.91. The fourth-order valence-electron chi connectivity index (χ4n) is 2.01. The largest absolute Gasteiger partial charge is 0.439 e. The van der Waals surface area contributed by atoms with Gasteiger partial charge in [0, 0.05) is 19.2 Å². The van der Waals surface area contributed by atoms with Gasteiger partial charge in [0.15, 0.2) is 5.76 Å². The molecule has 0 bridgehead atoms. The topological polar surface area (TPSA) is 38.5 Å². The summed E-state index contributed by atoms with van der Waals surface area (Å²) in [5, 5.41) is 0. The molecule has 4 nitrogen and oxygen atoms in total. The van der Waals surface area contributed by atoms with Crippen molar-refractivity contribution in [1.82, 2.24) is 9.88 Å². The zero-order chi connectivity index (χ0) is 16.9. The molecule has 1 aromatic heterocycles. The number of halogens is 4. The highest BCUT2D eigenvalue weighted by atomic mass is 19.4. The highest BCUT2D eigenvalue weighted by molar-refractivity contribution is 5.55. The second-order valence-corrected chi connectivity index (χ2v) is 4.94. The minimum Gasteiger partial charge on any atom is -0.439 e. The molecule has 0 radical (unpaired) electrons. The number of ether oxygens (including phenoxy) is 1. The Morgan fingerprint density at radius 2 is 1.91 bits per heavy atom. The normalized spacial score (nSPS) is 12.1. The van der Waals surface area contributed by atoms with Crippen LogP contribution in [0.5, 0.6) is 0 Å². The second-order valence-electron chi connectivity index (χ2n) is 4.94.